The van der Waals surface area contributed by atoms with Crippen LogP contribution in [0.5, 0.6) is 0 Å². The second-order valence-corrected chi connectivity index (χ2v) is 6.40. The predicted octanol–water partition coefficient (Wildman–Crippen LogP) is 1.12. The average Bonchev–Trinajstić information content (AvgIpc) is 2.62. The molecule has 0 saturated carbocycles. The lowest BCUT2D eigenvalue weighted by molar-refractivity contribution is -0.308. The number of aryl methyl sites for hydroxylation is 1. The van der Waals surface area contributed by atoms with E-state index in [1.807, 2.05) is 19.1 Å². The molecule has 0 radical (unpaired) electrons. The van der Waals surface area contributed by atoms with E-state index in [1.54, 1.807) is 36.4 Å². The smallest absolute Gasteiger partial charge is 0.336 e. The van der Waals surface area contributed by atoms with Crippen LogP contribution in [0.15, 0.2) is 63.8 Å². The van der Waals surface area contributed by atoms with Crippen molar-refractivity contribution in [1.82, 2.24) is 5.32 Å². The summed E-state index contributed by atoms with van der Waals surface area (Å²) in [5, 5.41) is 14.5. The third kappa shape index (κ3) is 4.61. The number of rotatable bonds is 6. The van der Waals surface area contributed by atoms with Crippen LogP contribution in [0.4, 0.5) is 0 Å². The van der Waals surface area contributed by atoms with Crippen LogP contribution in [0.2, 0.25) is 0 Å². The number of carboxylic acid groups (broad SMARTS) is 1. The summed E-state index contributed by atoms with van der Waals surface area (Å²) in [5.41, 5.74) is 2.04. The molecular formula is C21H18NO5-. The van der Waals surface area contributed by atoms with Crippen LogP contribution >= 0.6 is 0 Å². The van der Waals surface area contributed by atoms with Crippen molar-refractivity contribution in [3.8, 4) is 0 Å². The second kappa shape index (κ2) is 7.86. The Morgan fingerprint density at radius 2 is 1.85 bits per heavy atom. The maximum Gasteiger partial charge on any atom is 0.336 e. The van der Waals surface area contributed by atoms with E-state index >= 15 is 0 Å². The lowest BCUT2D eigenvalue weighted by atomic mass is 10.0. The van der Waals surface area contributed by atoms with Crippen LogP contribution in [0.25, 0.3) is 11.0 Å². The summed E-state index contributed by atoms with van der Waals surface area (Å²) < 4.78 is 5.15. The van der Waals surface area contributed by atoms with Gasteiger partial charge in [-0.15, -0.1) is 0 Å². The molecule has 1 amide bonds. The number of hydrogen-bond donors (Lipinski definition) is 1. The Bertz CT molecular complexity index is 1040. The molecule has 0 unspecified atom stereocenters. The van der Waals surface area contributed by atoms with Gasteiger partial charge in [0.2, 0.25) is 5.91 Å². The van der Waals surface area contributed by atoms with Gasteiger partial charge >= 0.3 is 5.63 Å². The van der Waals surface area contributed by atoms with Crippen LogP contribution < -0.4 is 16.0 Å². The van der Waals surface area contributed by atoms with E-state index in [2.05, 4.69) is 5.32 Å². The van der Waals surface area contributed by atoms with Gasteiger partial charge in [0, 0.05) is 11.5 Å². The van der Waals surface area contributed by atoms with E-state index in [9.17, 15) is 19.5 Å². The molecular weight excluding hydrogens is 346 g/mol. The highest BCUT2D eigenvalue weighted by molar-refractivity contribution is 5.89. The third-order valence-corrected chi connectivity index (χ3v) is 4.24. The Morgan fingerprint density at radius 3 is 2.56 bits per heavy atom. The Labute approximate surface area is 155 Å². The summed E-state index contributed by atoms with van der Waals surface area (Å²) in [6.45, 7) is 1.89. The number of fused-ring (bicyclic) bond motifs is 1. The summed E-state index contributed by atoms with van der Waals surface area (Å²) >= 11 is 0. The molecule has 3 aromatic rings. The molecule has 2 aromatic carbocycles. The minimum absolute atomic E-state index is 0.117. The van der Waals surface area contributed by atoms with Crippen molar-refractivity contribution in [3.05, 3.63) is 81.7 Å². The molecule has 0 bridgehead atoms. The third-order valence-electron chi connectivity index (χ3n) is 4.24. The maximum atomic E-state index is 12.4. The van der Waals surface area contributed by atoms with Crippen molar-refractivity contribution in [2.75, 3.05) is 0 Å². The van der Waals surface area contributed by atoms with Crippen molar-refractivity contribution in [3.63, 3.8) is 0 Å². The number of aliphatic carboxylic acids is 1. The van der Waals surface area contributed by atoms with Gasteiger partial charge in [0.1, 0.15) is 5.58 Å². The standard InChI is InChI=1S/C21H19NO5/c1-13-7-8-18-16(9-13)15(12-20(24)27-18)11-19(23)22-17(21(25)26)10-14-5-3-2-4-6-14/h2-9,12,17H,10-11H2,1H3,(H,22,23)(H,25,26)/p-1/t17-/m0/s1. The second-order valence-electron chi connectivity index (χ2n) is 6.40. The van der Waals surface area contributed by atoms with E-state index in [0.717, 1.165) is 11.1 Å². The highest BCUT2D eigenvalue weighted by Crippen LogP contribution is 2.19. The molecule has 0 aliphatic carbocycles. The zero-order valence-corrected chi connectivity index (χ0v) is 14.7. The zero-order valence-electron chi connectivity index (χ0n) is 14.7. The number of carboxylic acids is 1. The van der Waals surface area contributed by atoms with Gasteiger partial charge in [-0.3, -0.25) is 4.79 Å². The molecule has 0 aliphatic rings. The molecule has 0 fully saturated rings. The van der Waals surface area contributed by atoms with Crippen molar-refractivity contribution < 1.29 is 19.1 Å². The van der Waals surface area contributed by atoms with Crippen LogP contribution in [-0.2, 0) is 22.4 Å². The van der Waals surface area contributed by atoms with Gasteiger partial charge in [-0.1, -0.05) is 42.0 Å². The van der Waals surface area contributed by atoms with E-state index in [1.165, 1.54) is 6.07 Å². The fourth-order valence-electron chi connectivity index (χ4n) is 2.95. The SMILES string of the molecule is Cc1ccc2oc(=O)cc(CC(=O)N[C@@H](Cc3ccccc3)C(=O)[O-])c2c1. The highest BCUT2D eigenvalue weighted by Gasteiger charge is 2.16. The summed E-state index contributed by atoms with van der Waals surface area (Å²) in [5.74, 6) is -1.87. The van der Waals surface area contributed by atoms with Crippen molar-refractivity contribution in [2.45, 2.75) is 25.8 Å². The zero-order chi connectivity index (χ0) is 19.4. The van der Waals surface area contributed by atoms with Crippen molar-refractivity contribution in [1.29, 1.82) is 0 Å². The summed E-state index contributed by atoms with van der Waals surface area (Å²) in [7, 11) is 0. The van der Waals surface area contributed by atoms with E-state index < -0.39 is 23.5 Å². The van der Waals surface area contributed by atoms with Crippen LogP contribution in [0, 0.1) is 6.92 Å². The fraction of sp³-hybridized carbons (Fsp3) is 0.190. The quantitative estimate of drug-likeness (QED) is 0.661. The number of amides is 1. The fourth-order valence-corrected chi connectivity index (χ4v) is 2.95. The lowest BCUT2D eigenvalue weighted by Crippen LogP contribution is -2.49. The molecule has 1 N–H and O–H groups in total. The molecule has 1 heterocycles. The summed E-state index contributed by atoms with van der Waals surface area (Å²) in [6.07, 6.45) is -0.0180. The van der Waals surface area contributed by atoms with Crippen LogP contribution in [0.1, 0.15) is 16.7 Å². The Morgan fingerprint density at radius 1 is 1.11 bits per heavy atom. The van der Waals surface area contributed by atoms with E-state index in [0.29, 0.717) is 16.5 Å². The number of benzene rings is 2. The molecule has 0 spiro atoms. The topological polar surface area (TPSA) is 99.4 Å². The van der Waals surface area contributed by atoms with Gasteiger partial charge < -0.3 is 19.6 Å². The van der Waals surface area contributed by atoms with Crippen molar-refractivity contribution >= 4 is 22.8 Å². The normalized spacial score (nSPS) is 11.9. The lowest BCUT2D eigenvalue weighted by Gasteiger charge is -2.20. The molecule has 27 heavy (non-hydrogen) atoms. The number of carbonyl (C=O) groups is 2. The molecule has 1 aromatic heterocycles. The first-order valence-corrected chi connectivity index (χ1v) is 8.50. The number of carbonyl (C=O) groups excluding carboxylic acids is 2. The largest absolute Gasteiger partial charge is 0.548 e. The summed E-state index contributed by atoms with van der Waals surface area (Å²) in [6, 6.07) is 14.4. The van der Waals surface area contributed by atoms with Gasteiger partial charge in [0.05, 0.1) is 18.4 Å². The minimum atomic E-state index is -1.36. The maximum absolute atomic E-state index is 12.4. The van der Waals surface area contributed by atoms with Gasteiger partial charge in [0.15, 0.2) is 0 Å². The Balaban J connectivity index is 1.80. The van der Waals surface area contributed by atoms with E-state index in [4.69, 9.17) is 4.42 Å². The molecule has 1 atom stereocenters. The van der Waals surface area contributed by atoms with Crippen molar-refractivity contribution in [2.24, 2.45) is 0 Å². The average molecular weight is 364 g/mol. The van der Waals surface area contributed by atoms with Gasteiger partial charge in [0.25, 0.3) is 0 Å². The Kier molecular flexibility index (Phi) is 5.35. The predicted molar refractivity (Wildman–Crippen MR) is 98.0 cm³/mol. The summed E-state index contributed by atoms with van der Waals surface area (Å²) in [4.78, 5) is 35.6. The molecule has 0 aliphatic heterocycles. The van der Waals surface area contributed by atoms with Gasteiger partial charge in [-0.2, -0.15) is 0 Å². The molecule has 0 saturated heterocycles. The molecule has 138 valence electrons. The first kappa shape index (κ1) is 18.4. The van der Waals surface area contributed by atoms with E-state index in [-0.39, 0.29) is 12.8 Å². The first-order valence-electron chi connectivity index (χ1n) is 8.50. The Hall–Kier alpha value is -3.41. The van der Waals surface area contributed by atoms with Gasteiger partial charge in [-0.25, -0.2) is 4.79 Å². The van der Waals surface area contributed by atoms with Gasteiger partial charge in [-0.05, 0) is 36.6 Å². The van der Waals surface area contributed by atoms with Crippen LogP contribution in [0.3, 0.4) is 0 Å². The van der Waals surface area contributed by atoms with Crippen LogP contribution in [-0.4, -0.2) is 17.9 Å². The first-order chi connectivity index (χ1) is 12.9. The molecule has 3 rings (SSSR count). The number of nitrogens with one attached hydrogen (secondary N) is 1. The number of hydrogen-bond acceptors (Lipinski definition) is 5. The molecule has 6 nitrogen and oxygen atoms in total. The minimum Gasteiger partial charge on any atom is -0.548 e. The monoisotopic (exact) mass is 364 g/mol. The highest BCUT2D eigenvalue weighted by atomic mass is 16.4. The molecule has 6 heteroatoms.